The molecule has 8 rings (SSSR count). The number of rotatable bonds is 4. The van der Waals surface area contributed by atoms with Crippen LogP contribution in [0.2, 0.25) is 0 Å². The normalized spacial score (nSPS) is 19.8. The second kappa shape index (κ2) is 8.85. The molecule has 2 unspecified atom stereocenters. The Kier molecular flexibility index (Phi) is 5.19. The number of hydrogen-bond acceptors (Lipinski definition) is 3. The Morgan fingerprint density at radius 1 is 0.341 bits per heavy atom. The van der Waals surface area contributed by atoms with E-state index in [9.17, 15) is 10.2 Å². The third-order valence-electron chi connectivity index (χ3n) is 8.44. The molecule has 3 heteroatoms. The minimum Gasteiger partial charge on any atom is -0.358 e. The highest BCUT2D eigenvalue weighted by atomic mass is 16.7. The predicted octanol–water partition coefficient (Wildman–Crippen LogP) is 8.09. The fraction of sp³-hybridized carbons (Fsp3) is 0.0526. The van der Waals surface area contributed by atoms with E-state index in [-0.39, 0.29) is 0 Å². The summed E-state index contributed by atoms with van der Waals surface area (Å²) in [5.74, 6) is -3.88. The Labute approximate surface area is 238 Å². The van der Waals surface area contributed by atoms with Gasteiger partial charge in [-0.1, -0.05) is 146 Å². The van der Waals surface area contributed by atoms with Crippen LogP contribution in [0.3, 0.4) is 0 Å². The van der Waals surface area contributed by atoms with Crippen LogP contribution in [0.5, 0.6) is 0 Å². The Balaban J connectivity index is 1.41. The molecule has 0 amide bonds. The molecular formula is C38H26O3. The Morgan fingerprint density at radius 2 is 0.683 bits per heavy atom. The van der Waals surface area contributed by atoms with Gasteiger partial charge in [-0.05, 0) is 44.5 Å². The Morgan fingerprint density at radius 3 is 1.12 bits per heavy atom. The summed E-state index contributed by atoms with van der Waals surface area (Å²) in [6, 6.07) is 47.6. The molecule has 0 fully saturated rings. The summed E-state index contributed by atoms with van der Waals surface area (Å²) in [5.41, 5.74) is 9.64. The van der Waals surface area contributed by atoms with Gasteiger partial charge < -0.3 is 14.9 Å². The molecule has 2 aliphatic carbocycles. The first-order valence-corrected chi connectivity index (χ1v) is 13.8. The van der Waals surface area contributed by atoms with Crippen molar-refractivity contribution >= 4 is 0 Å². The summed E-state index contributed by atoms with van der Waals surface area (Å²) in [6.07, 6.45) is 0. The summed E-state index contributed by atoms with van der Waals surface area (Å²) < 4.78 is 6.89. The van der Waals surface area contributed by atoms with E-state index in [1.807, 2.05) is 146 Å². The van der Waals surface area contributed by atoms with Crippen molar-refractivity contribution in [2.75, 3.05) is 0 Å². The summed E-state index contributed by atoms with van der Waals surface area (Å²) in [6.45, 7) is 0. The van der Waals surface area contributed by atoms with Gasteiger partial charge in [-0.2, -0.15) is 0 Å². The molecule has 6 aromatic carbocycles. The van der Waals surface area contributed by atoms with E-state index < -0.39 is 11.6 Å². The molecule has 2 atom stereocenters. The third kappa shape index (κ3) is 3.38. The van der Waals surface area contributed by atoms with Gasteiger partial charge in [0, 0.05) is 22.3 Å². The minimum absolute atomic E-state index is 0.606. The fourth-order valence-corrected chi connectivity index (χ4v) is 6.72. The molecule has 0 aliphatic heterocycles. The highest BCUT2D eigenvalue weighted by Gasteiger charge is 2.54. The van der Waals surface area contributed by atoms with Crippen molar-refractivity contribution in [2.24, 2.45) is 0 Å². The van der Waals surface area contributed by atoms with Crippen LogP contribution in [0.4, 0.5) is 0 Å². The second-order valence-corrected chi connectivity index (χ2v) is 10.7. The molecule has 0 saturated heterocycles. The molecule has 2 aliphatic rings. The van der Waals surface area contributed by atoms with Crippen LogP contribution >= 0.6 is 0 Å². The van der Waals surface area contributed by atoms with Crippen LogP contribution in [-0.4, -0.2) is 10.2 Å². The maximum atomic E-state index is 12.9. The SMILES string of the molecule is OC1(OC2(O)c3ccccc3-c3cccc(-c4ccccc4)c32)c2ccccc2-c2cccc(-c3ccccc3)c21. The topological polar surface area (TPSA) is 49.7 Å². The molecular weight excluding hydrogens is 504 g/mol. The summed E-state index contributed by atoms with van der Waals surface area (Å²) in [5, 5.41) is 25.8. The average molecular weight is 531 g/mol. The van der Waals surface area contributed by atoms with Gasteiger partial charge in [0.05, 0.1) is 0 Å². The maximum absolute atomic E-state index is 12.9. The molecule has 6 aromatic rings. The summed E-state index contributed by atoms with van der Waals surface area (Å²) in [4.78, 5) is 0. The summed E-state index contributed by atoms with van der Waals surface area (Å²) >= 11 is 0. The molecule has 3 nitrogen and oxygen atoms in total. The first-order valence-electron chi connectivity index (χ1n) is 13.8. The molecule has 2 N–H and O–H groups in total. The lowest BCUT2D eigenvalue weighted by Gasteiger charge is -2.37. The van der Waals surface area contributed by atoms with Gasteiger partial charge in [0.2, 0.25) is 11.6 Å². The molecule has 0 bridgehead atoms. The number of aliphatic hydroxyl groups is 2. The van der Waals surface area contributed by atoms with E-state index in [4.69, 9.17) is 4.74 Å². The lowest BCUT2D eigenvalue weighted by atomic mass is 9.90. The second-order valence-electron chi connectivity index (χ2n) is 10.7. The fourth-order valence-electron chi connectivity index (χ4n) is 6.72. The Bertz CT molecular complexity index is 1800. The van der Waals surface area contributed by atoms with Crippen molar-refractivity contribution in [1.82, 2.24) is 0 Å². The van der Waals surface area contributed by atoms with Crippen molar-refractivity contribution in [2.45, 2.75) is 11.6 Å². The molecule has 0 saturated carbocycles. The van der Waals surface area contributed by atoms with Crippen molar-refractivity contribution in [3.8, 4) is 44.5 Å². The standard InChI is InChI=1S/C38H26O3/c39-37(33-23-9-7-17-29(33)31-21-11-19-27(35(31)37)25-13-3-1-4-14-25)41-38(40)34-24-10-8-18-30(34)32-22-12-20-28(36(32)38)26-15-5-2-6-16-26/h1-24,39-40H. The van der Waals surface area contributed by atoms with Crippen LogP contribution in [0, 0.1) is 0 Å². The van der Waals surface area contributed by atoms with Crippen LogP contribution in [0.25, 0.3) is 44.5 Å². The first-order chi connectivity index (χ1) is 20.1. The zero-order chi connectivity index (χ0) is 27.6. The van der Waals surface area contributed by atoms with Crippen LogP contribution in [0.15, 0.2) is 146 Å². The van der Waals surface area contributed by atoms with Gasteiger partial charge in [0.15, 0.2) is 0 Å². The number of benzene rings is 6. The zero-order valence-corrected chi connectivity index (χ0v) is 22.2. The van der Waals surface area contributed by atoms with Crippen LogP contribution in [-0.2, 0) is 16.3 Å². The van der Waals surface area contributed by atoms with E-state index in [0.29, 0.717) is 22.3 Å². The van der Waals surface area contributed by atoms with Crippen molar-refractivity contribution < 1.29 is 14.9 Å². The first kappa shape index (κ1) is 24.0. The van der Waals surface area contributed by atoms with Crippen molar-refractivity contribution in [1.29, 1.82) is 0 Å². The van der Waals surface area contributed by atoms with Gasteiger partial charge in [-0.3, -0.25) is 0 Å². The Hall–Kier alpha value is -4.80. The van der Waals surface area contributed by atoms with Gasteiger partial charge >= 0.3 is 0 Å². The third-order valence-corrected chi connectivity index (χ3v) is 8.44. The molecule has 196 valence electrons. The van der Waals surface area contributed by atoms with Gasteiger partial charge in [-0.25, -0.2) is 0 Å². The lowest BCUT2D eigenvalue weighted by Crippen LogP contribution is -2.41. The molecule has 0 radical (unpaired) electrons. The van der Waals surface area contributed by atoms with E-state index in [1.54, 1.807) is 0 Å². The van der Waals surface area contributed by atoms with Gasteiger partial charge in [0.1, 0.15) is 0 Å². The highest BCUT2D eigenvalue weighted by molar-refractivity contribution is 5.89. The highest BCUT2D eigenvalue weighted by Crippen LogP contribution is 2.58. The number of ether oxygens (including phenoxy) is 1. The molecule has 0 spiro atoms. The number of hydrogen-bond donors (Lipinski definition) is 2. The van der Waals surface area contributed by atoms with Gasteiger partial charge in [0.25, 0.3) is 0 Å². The monoisotopic (exact) mass is 530 g/mol. The van der Waals surface area contributed by atoms with Gasteiger partial charge in [-0.15, -0.1) is 0 Å². The maximum Gasteiger partial charge on any atom is 0.225 e. The molecule has 0 aromatic heterocycles. The van der Waals surface area contributed by atoms with Crippen LogP contribution < -0.4 is 0 Å². The van der Waals surface area contributed by atoms with E-state index in [0.717, 1.165) is 44.5 Å². The van der Waals surface area contributed by atoms with E-state index in [1.165, 1.54) is 0 Å². The predicted molar refractivity (Wildman–Crippen MR) is 162 cm³/mol. The van der Waals surface area contributed by atoms with E-state index in [2.05, 4.69) is 0 Å². The van der Waals surface area contributed by atoms with E-state index >= 15 is 0 Å². The largest absolute Gasteiger partial charge is 0.358 e. The number of fused-ring (bicyclic) bond motifs is 6. The van der Waals surface area contributed by atoms with Crippen molar-refractivity contribution in [3.63, 3.8) is 0 Å². The lowest BCUT2D eigenvalue weighted by molar-refractivity contribution is -0.309. The summed E-state index contributed by atoms with van der Waals surface area (Å²) in [7, 11) is 0. The minimum atomic E-state index is -1.94. The molecule has 0 heterocycles. The zero-order valence-electron chi connectivity index (χ0n) is 22.2. The van der Waals surface area contributed by atoms with Crippen molar-refractivity contribution in [3.05, 3.63) is 168 Å². The quantitative estimate of drug-likeness (QED) is 0.227. The average Bonchev–Trinajstić information content (AvgIpc) is 3.44. The molecule has 41 heavy (non-hydrogen) atoms. The smallest absolute Gasteiger partial charge is 0.225 e. The van der Waals surface area contributed by atoms with Crippen LogP contribution in [0.1, 0.15) is 22.3 Å².